The maximum atomic E-state index is 11.9. The van der Waals surface area contributed by atoms with Crippen LogP contribution < -0.4 is 14.6 Å². The molecule has 1 aromatic heterocycles. The summed E-state index contributed by atoms with van der Waals surface area (Å²) in [4.78, 5) is 26.6. The number of aromatic nitrogens is 1. The van der Waals surface area contributed by atoms with Crippen LogP contribution in [0.1, 0.15) is 25.2 Å². The SMILES string of the molecule is COc1cccc(OCC(=O)c2nc(C)c(C(=O)[O-])s2)c1. The number of carbonyl (C=O) groups is 2. The Morgan fingerprint density at radius 3 is 2.67 bits per heavy atom. The van der Waals surface area contributed by atoms with Gasteiger partial charge in [-0.3, -0.25) is 4.79 Å². The van der Waals surface area contributed by atoms with Crippen LogP contribution in [0.4, 0.5) is 0 Å². The van der Waals surface area contributed by atoms with Crippen LogP contribution in [0.3, 0.4) is 0 Å². The molecule has 1 aromatic carbocycles. The van der Waals surface area contributed by atoms with Crippen LogP contribution >= 0.6 is 11.3 Å². The number of hydrogen-bond acceptors (Lipinski definition) is 7. The Morgan fingerprint density at radius 1 is 1.33 bits per heavy atom. The van der Waals surface area contributed by atoms with E-state index in [9.17, 15) is 14.7 Å². The van der Waals surface area contributed by atoms with Crippen molar-refractivity contribution in [3.63, 3.8) is 0 Å². The maximum Gasteiger partial charge on any atom is 0.228 e. The Hall–Kier alpha value is -2.41. The van der Waals surface area contributed by atoms with Crippen LogP contribution in [-0.4, -0.2) is 30.5 Å². The third kappa shape index (κ3) is 3.57. The normalized spacial score (nSPS) is 10.2. The highest BCUT2D eigenvalue weighted by Crippen LogP contribution is 2.20. The van der Waals surface area contributed by atoms with E-state index in [1.54, 1.807) is 24.3 Å². The van der Waals surface area contributed by atoms with Gasteiger partial charge in [-0.15, -0.1) is 11.3 Å². The molecule has 0 aliphatic heterocycles. The quantitative estimate of drug-likeness (QED) is 0.742. The first-order valence-corrected chi connectivity index (χ1v) is 6.81. The molecule has 0 bridgehead atoms. The smallest absolute Gasteiger partial charge is 0.228 e. The fourth-order valence-corrected chi connectivity index (χ4v) is 2.43. The summed E-state index contributed by atoms with van der Waals surface area (Å²) in [5.41, 5.74) is 0.268. The van der Waals surface area contributed by atoms with Crippen molar-refractivity contribution in [1.29, 1.82) is 0 Å². The van der Waals surface area contributed by atoms with Crippen LogP contribution in [0.2, 0.25) is 0 Å². The van der Waals surface area contributed by atoms with E-state index in [-0.39, 0.29) is 22.2 Å². The minimum atomic E-state index is -1.34. The van der Waals surface area contributed by atoms with E-state index in [4.69, 9.17) is 9.47 Å². The summed E-state index contributed by atoms with van der Waals surface area (Å²) < 4.78 is 10.4. The fraction of sp³-hybridized carbons (Fsp3) is 0.214. The van der Waals surface area contributed by atoms with E-state index < -0.39 is 11.8 Å². The Kier molecular flexibility index (Phi) is 4.54. The van der Waals surface area contributed by atoms with Crippen molar-refractivity contribution in [2.24, 2.45) is 0 Å². The van der Waals surface area contributed by atoms with E-state index in [0.717, 1.165) is 11.3 Å². The number of carboxylic acids is 1. The van der Waals surface area contributed by atoms with Crippen molar-refractivity contribution in [3.8, 4) is 11.5 Å². The lowest BCUT2D eigenvalue weighted by Gasteiger charge is -2.05. The third-order valence-electron chi connectivity index (χ3n) is 2.63. The van der Waals surface area contributed by atoms with Gasteiger partial charge in [-0.25, -0.2) is 4.98 Å². The van der Waals surface area contributed by atoms with Gasteiger partial charge in [0.15, 0.2) is 11.6 Å². The van der Waals surface area contributed by atoms with Crippen LogP contribution in [0.25, 0.3) is 0 Å². The molecule has 21 heavy (non-hydrogen) atoms. The zero-order chi connectivity index (χ0) is 15.4. The van der Waals surface area contributed by atoms with Crippen molar-refractivity contribution in [2.45, 2.75) is 6.92 Å². The molecule has 0 aliphatic rings. The van der Waals surface area contributed by atoms with Gasteiger partial charge in [0.05, 0.1) is 23.7 Å². The number of ketones is 1. The number of aromatic carboxylic acids is 1. The van der Waals surface area contributed by atoms with Gasteiger partial charge in [-0.2, -0.15) is 0 Å². The summed E-state index contributed by atoms with van der Waals surface area (Å²) in [7, 11) is 1.53. The van der Waals surface area contributed by atoms with Gasteiger partial charge in [0.25, 0.3) is 0 Å². The zero-order valence-electron chi connectivity index (χ0n) is 11.4. The molecule has 0 N–H and O–H groups in total. The monoisotopic (exact) mass is 306 g/mol. The first-order chi connectivity index (χ1) is 10.0. The van der Waals surface area contributed by atoms with Crippen LogP contribution in [0.15, 0.2) is 24.3 Å². The summed E-state index contributed by atoms with van der Waals surface area (Å²) in [5, 5.41) is 10.9. The van der Waals surface area contributed by atoms with E-state index >= 15 is 0 Å². The van der Waals surface area contributed by atoms with E-state index in [1.807, 2.05) is 0 Å². The summed E-state index contributed by atoms with van der Waals surface area (Å²) in [6.45, 7) is 1.29. The Balaban J connectivity index is 2.04. The van der Waals surface area contributed by atoms with Crippen molar-refractivity contribution in [3.05, 3.63) is 39.8 Å². The molecular weight excluding hydrogens is 294 g/mol. The molecule has 0 radical (unpaired) electrons. The number of carboxylic acid groups (broad SMARTS) is 1. The second kappa shape index (κ2) is 6.36. The number of hydrogen-bond donors (Lipinski definition) is 0. The predicted molar refractivity (Wildman–Crippen MR) is 74.0 cm³/mol. The summed E-state index contributed by atoms with van der Waals surface area (Å²) >= 11 is 0.791. The topological polar surface area (TPSA) is 88.6 Å². The summed E-state index contributed by atoms with van der Waals surface area (Å²) in [5.74, 6) is -0.628. The van der Waals surface area contributed by atoms with E-state index in [2.05, 4.69) is 4.98 Å². The molecule has 6 nitrogen and oxygen atoms in total. The lowest BCUT2D eigenvalue weighted by atomic mass is 10.3. The highest BCUT2D eigenvalue weighted by molar-refractivity contribution is 7.15. The molecule has 0 aliphatic carbocycles. The summed E-state index contributed by atoms with van der Waals surface area (Å²) in [6.07, 6.45) is 0. The number of Topliss-reactive ketones (excluding diaryl/α,β-unsaturated/α-hetero) is 1. The molecular formula is C14H12NO5S-. The molecule has 110 valence electrons. The van der Waals surface area contributed by atoms with Crippen LogP contribution in [0.5, 0.6) is 11.5 Å². The average molecular weight is 306 g/mol. The second-order valence-corrected chi connectivity index (χ2v) is 5.11. The van der Waals surface area contributed by atoms with Crippen molar-refractivity contribution >= 4 is 23.1 Å². The van der Waals surface area contributed by atoms with E-state index in [1.165, 1.54) is 14.0 Å². The van der Waals surface area contributed by atoms with Gasteiger partial charge >= 0.3 is 0 Å². The molecule has 0 fully saturated rings. The minimum absolute atomic E-state index is 0.0419. The largest absolute Gasteiger partial charge is 0.544 e. The van der Waals surface area contributed by atoms with Crippen LogP contribution in [0, 0.1) is 6.92 Å². The number of thiazole rings is 1. The third-order valence-corrected chi connectivity index (χ3v) is 3.81. The Morgan fingerprint density at radius 2 is 2.05 bits per heavy atom. The summed E-state index contributed by atoms with van der Waals surface area (Å²) in [6, 6.07) is 6.83. The number of ether oxygens (including phenoxy) is 2. The molecule has 2 rings (SSSR count). The molecule has 7 heteroatoms. The fourth-order valence-electron chi connectivity index (χ4n) is 1.61. The first-order valence-electron chi connectivity index (χ1n) is 6.00. The Labute approximate surface area is 125 Å². The number of aryl methyl sites for hydroxylation is 1. The van der Waals surface area contributed by atoms with Gasteiger partial charge in [0.2, 0.25) is 5.78 Å². The molecule has 0 unspecified atom stereocenters. The molecule has 0 atom stereocenters. The molecule has 2 aromatic rings. The molecule has 1 heterocycles. The first kappa shape index (κ1) is 15.0. The molecule has 0 amide bonds. The molecule has 0 saturated heterocycles. The Bertz CT molecular complexity index is 680. The van der Waals surface area contributed by atoms with Crippen molar-refractivity contribution in [2.75, 3.05) is 13.7 Å². The van der Waals surface area contributed by atoms with Gasteiger partial charge in [-0.05, 0) is 19.1 Å². The van der Waals surface area contributed by atoms with Gasteiger partial charge < -0.3 is 19.4 Å². The standard InChI is InChI=1S/C14H13NO5S/c1-8-12(14(17)18)21-13(15-8)11(16)7-20-10-5-3-4-9(6-10)19-2/h3-6H,7H2,1-2H3,(H,17,18)/p-1. The van der Waals surface area contributed by atoms with Gasteiger partial charge in [0, 0.05) is 6.07 Å². The number of rotatable bonds is 6. The highest BCUT2D eigenvalue weighted by atomic mass is 32.1. The lowest BCUT2D eigenvalue weighted by molar-refractivity contribution is -0.254. The average Bonchev–Trinajstić information content (AvgIpc) is 2.87. The highest BCUT2D eigenvalue weighted by Gasteiger charge is 2.15. The maximum absolute atomic E-state index is 11.9. The predicted octanol–water partition coefficient (Wildman–Crippen LogP) is 1.09. The second-order valence-electron chi connectivity index (χ2n) is 4.11. The number of benzene rings is 1. The van der Waals surface area contributed by atoms with Gasteiger partial charge in [-0.1, -0.05) is 6.07 Å². The minimum Gasteiger partial charge on any atom is -0.544 e. The number of carbonyl (C=O) groups excluding carboxylic acids is 2. The number of methoxy groups -OCH3 is 1. The zero-order valence-corrected chi connectivity index (χ0v) is 12.2. The van der Waals surface area contributed by atoms with Gasteiger partial charge in [0.1, 0.15) is 11.5 Å². The van der Waals surface area contributed by atoms with E-state index in [0.29, 0.717) is 11.5 Å². The molecule has 0 saturated carbocycles. The number of nitrogens with zero attached hydrogens (tertiary/aromatic N) is 1. The van der Waals surface area contributed by atoms with Crippen molar-refractivity contribution < 1.29 is 24.2 Å². The molecule has 0 spiro atoms. The van der Waals surface area contributed by atoms with Crippen LogP contribution in [-0.2, 0) is 0 Å². The van der Waals surface area contributed by atoms with Crippen molar-refractivity contribution in [1.82, 2.24) is 4.98 Å². The lowest BCUT2D eigenvalue weighted by Crippen LogP contribution is -2.21.